The molecule has 0 bridgehead atoms. The molecule has 0 spiro atoms. The maximum absolute atomic E-state index is 5.79. The van der Waals surface area contributed by atoms with Crippen LogP contribution in [0.5, 0.6) is 5.75 Å². The second-order valence-corrected chi connectivity index (χ2v) is 5.85. The molecule has 3 nitrogen and oxygen atoms in total. The minimum absolute atomic E-state index is 0.721. The van der Waals surface area contributed by atoms with E-state index in [1.807, 2.05) is 12.1 Å². The van der Waals surface area contributed by atoms with Crippen LogP contribution in [0.2, 0.25) is 0 Å². The van der Waals surface area contributed by atoms with Crippen molar-refractivity contribution in [2.75, 3.05) is 32.1 Å². The molecule has 114 valence electrons. The highest BCUT2D eigenvalue weighted by atomic mass is 16.5. The predicted octanol–water partition coefficient (Wildman–Crippen LogP) is 3.98. The van der Waals surface area contributed by atoms with Gasteiger partial charge in [-0.15, -0.1) is 0 Å². The van der Waals surface area contributed by atoms with E-state index in [0.29, 0.717) is 0 Å². The lowest BCUT2D eigenvalue weighted by Gasteiger charge is -2.19. The zero-order valence-electron chi connectivity index (χ0n) is 13.2. The molecule has 0 aliphatic carbocycles. The molecule has 0 amide bonds. The van der Waals surface area contributed by atoms with Gasteiger partial charge in [-0.25, -0.2) is 0 Å². The Kier molecular flexibility index (Phi) is 4.16. The first-order valence-corrected chi connectivity index (χ1v) is 7.63. The average Bonchev–Trinajstić information content (AvgIpc) is 2.83. The fraction of sp³-hybridized carbons (Fsp3) is 0.263. The number of benzene rings is 2. The van der Waals surface area contributed by atoms with Gasteiger partial charge in [-0.1, -0.05) is 36.4 Å². The van der Waals surface area contributed by atoms with Gasteiger partial charge in [0.15, 0.2) is 11.6 Å². The molecule has 0 radical (unpaired) electrons. The Balaban J connectivity index is 1.84. The molecule has 0 unspecified atom stereocenters. The van der Waals surface area contributed by atoms with Gasteiger partial charge in [-0.3, -0.25) is 0 Å². The molecular formula is C19H22N2O. The van der Waals surface area contributed by atoms with E-state index in [4.69, 9.17) is 4.74 Å². The first-order valence-electron chi connectivity index (χ1n) is 7.63. The van der Waals surface area contributed by atoms with Crippen LogP contribution in [0.25, 0.3) is 11.1 Å². The number of anilines is 1. The molecular weight excluding hydrogens is 272 g/mol. The Morgan fingerprint density at radius 1 is 1.05 bits per heavy atom. The molecule has 0 aromatic heterocycles. The molecule has 1 aliphatic rings. The summed E-state index contributed by atoms with van der Waals surface area (Å²) in [5.74, 6) is 1.62. The maximum Gasteiger partial charge on any atom is 0.193 e. The average molecular weight is 294 g/mol. The van der Waals surface area contributed by atoms with Gasteiger partial charge in [-0.2, -0.15) is 0 Å². The van der Waals surface area contributed by atoms with E-state index < -0.39 is 0 Å². The summed E-state index contributed by atoms with van der Waals surface area (Å²) in [5.41, 5.74) is 3.54. The molecule has 0 fully saturated rings. The van der Waals surface area contributed by atoms with Crippen molar-refractivity contribution < 1.29 is 4.74 Å². The molecule has 22 heavy (non-hydrogen) atoms. The summed E-state index contributed by atoms with van der Waals surface area (Å²) in [5, 5.41) is 0. The fourth-order valence-electron chi connectivity index (χ4n) is 2.73. The molecule has 1 heterocycles. The van der Waals surface area contributed by atoms with E-state index >= 15 is 0 Å². The van der Waals surface area contributed by atoms with Gasteiger partial charge in [-0.05, 0) is 56.9 Å². The Labute approximate surface area is 132 Å². The van der Waals surface area contributed by atoms with Crippen molar-refractivity contribution in [1.29, 1.82) is 0 Å². The van der Waals surface area contributed by atoms with E-state index in [0.717, 1.165) is 36.8 Å². The Morgan fingerprint density at radius 2 is 1.82 bits per heavy atom. The SMILES string of the molecule is C=C1Oc2ccc(-c3ccccc3)cc2N1CCCN(C)C. The van der Waals surface area contributed by atoms with Crippen LogP contribution in [0.15, 0.2) is 61.0 Å². The normalized spacial score (nSPS) is 13.4. The predicted molar refractivity (Wildman–Crippen MR) is 92.2 cm³/mol. The quantitative estimate of drug-likeness (QED) is 0.829. The summed E-state index contributed by atoms with van der Waals surface area (Å²) in [6.45, 7) is 6.01. The van der Waals surface area contributed by atoms with Crippen molar-refractivity contribution in [2.45, 2.75) is 6.42 Å². The van der Waals surface area contributed by atoms with Gasteiger partial charge in [0, 0.05) is 6.54 Å². The molecule has 2 aromatic carbocycles. The van der Waals surface area contributed by atoms with E-state index in [2.05, 4.69) is 66.9 Å². The lowest BCUT2D eigenvalue weighted by atomic mass is 10.0. The minimum atomic E-state index is 0.721. The van der Waals surface area contributed by atoms with Gasteiger partial charge < -0.3 is 14.5 Å². The molecule has 2 aromatic rings. The van der Waals surface area contributed by atoms with Crippen molar-refractivity contribution in [2.24, 2.45) is 0 Å². The van der Waals surface area contributed by atoms with Gasteiger partial charge in [0.05, 0.1) is 5.69 Å². The Morgan fingerprint density at radius 3 is 2.55 bits per heavy atom. The van der Waals surface area contributed by atoms with E-state index in [9.17, 15) is 0 Å². The zero-order chi connectivity index (χ0) is 15.5. The van der Waals surface area contributed by atoms with Crippen molar-refractivity contribution in [3.63, 3.8) is 0 Å². The number of ether oxygens (including phenoxy) is 1. The number of fused-ring (bicyclic) bond motifs is 1. The largest absolute Gasteiger partial charge is 0.439 e. The number of hydrogen-bond acceptors (Lipinski definition) is 3. The van der Waals surface area contributed by atoms with E-state index in [1.54, 1.807) is 0 Å². The second-order valence-electron chi connectivity index (χ2n) is 5.85. The monoisotopic (exact) mass is 294 g/mol. The lowest BCUT2D eigenvalue weighted by Crippen LogP contribution is -2.24. The first kappa shape index (κ1) is 14.7. The summed E-state index contributed by atoms with van der Waals surface area (Å²) < 4.78 is 5.79. The van der Waals surface area contributed by atoms with Crippen LogP contribution in [0.3, 0.4) is 0 Å². The minimum Gasteiger partial charge on any atom is -0.439 e. The molecule has 0 atom stereocenters. The van der Waals surface area contributed by atoms with Gasteiger partial charge in [0.1, 0.15) is 0 Å². The van der Waals surface area contributed by atoms with Crippen molar-refractivity contribution in [1.82, 2.24) is 4.90 Å². The standard InChI is InChI=1S/C19H22N2O/c1-15-21(13-7-12-20(2)3)18-14-17(10-11-19(18)22-15)16-8-5-4-6-9-16/h4-6,8-11,14H,1,7,12-13H2,2-3H3. The van der Waals surface area contributed by atoms with Crippen molar-refractivity contribution in [3.05, 3.63) is 61.0 Å². The highest BCUT2D eigenvalue weighted by Crippen LogP contribution is 2.41. The van der Waals surface area contributed by atoms with Gasteiger partial charge >= 0.3 is 0 Å². The number of nitrogens with zero attached hydrogens (tertiary/aromatic N) is 2. The Hall–Kier alpha value is -2.26. The second kappa shape index (κ2) is 6.24. The van der Waals surface area contributed by atoms with E-state index in [1.165, 1.54) is 11.1 Å². The zero-order valence-corrected chi connectivity index (χ0v) is 13.2. The highest BCUT2D eigenvalue weighted by molar-refractivity contribution is 5.75. The van der Waals surface area contributed by atoms with Crippen LogP contribution in [0.1, 0.15) is 6.42 Å². The van der Waals surface area contributed by atoms with Gasteiger partial charge in [0.25, 0.3) is 0 Å². The van der Waals surface area contributed by atoms with E-state index in [-0.39, 0.29) is 0 Å². The van der Waals surface area contributed by atoms with Crippen LogP contribution in [-0.4, -0.2) is 32.1 Å². The summed E-state index contributed by atoms with van der Waals surface area (Å²) in [6, 6.07) is 16.7. The van der Waals surface area contributed by atoms with Crippen LogP contribution in [0, 0.1) is 0 Å². The summed E-state index contributed by atoms with van der Waals surface area (Å²) >= 11 is 0. The third-order valence-corrected chi connectivity index (χ3v) is 3.87. The fourth-order valence-corrected chi connectivity index (χ4v) is 2.73. The maximum atomic E-state index is 5.79. The van der Waals surface area contributed by atoms with Crippen LogP contribution in [0.4, 0.5) is 5.69 Å². The molecule has 0 N–H and O–H groups in total. The summed E-state index contributed by atoms with van der Waals surface area (Å²) in [4.78, 5) is 4.37. The number of rotatable bonds is 5. The summed E-state index contributed by atoms with van der Waals surface area (Å²) in [7, 11) is 4.19. The topological polar surface area (TPSA) is 15.7 Å². The third-order valence-electron chi connectivity index (χ3n) is 3.87. The van der Waals surface area contributed by atoms with Crippen LogP contribution in [-0.2, 0) is 0 Å². The molecule has 1 aliphatic heterocycles. The molecule has 0 saturated heterocycles. The number of hydrogen-bond donors (Lipinski definition) is 0. The van der Waals surface area contributed by atoms with Crippen molar-refractivity contribution in [3.8, 4) is 16.9 Å². The third kappa shape index (κ3) is 3.00. The van der Waals surface area contributed by atoms with Crippen molar-refractivity contribution >= 4 is 5.69 Å². The molecule has 3 heteroatoms. The summed E-state index contributed by atoms with van der Waals surface area (Å²) in [6.07, 6.45) is 1.07. The molecule has 0 saturated carbocycles. The smallest absolute Gasteiger partial charge is 0.193 e. The highest BCUT2D eigenvalue weighted by Gasteiger charge is 2.24. The lowest BCUT2D eigenvalue weighted by molar-refractivity contribution is 0.395. The molecule has 3 rings (SSSR count). The van der Waals surface area contributed by atoms with Gasteiger partial charge in [0.2, 0.25) is 0 Å². The van der Waals surface area contributed by atoms with Crippen LogP contribution < -0.4 is 9.64 Å². The first-order chi connectivity index (χ1) is 10.6. The van der Waals surface area contributed by atoms with Crippen LogP contribution >= 0.6 is 0 Å². The Bertz CT molecular complexity index is 664.